The highest BCUT2D eigenvalue weighted by Gasteiger charge is 2.30. The zero-order chi connectivity index (χ0) is 22.2. The summed E-state index contributed by atoms with van der Waals surface area (Å²) in [4.78, 5) is 28.1. The number of amides is 2. The number of rotatable bonds is 6. The molecule has 1 fully saturated rings. The van der Waals surface area contributed by atoms with E-state index in [1.165, 1.54) is 12.1 Å². The summed E-state index contributed by atoms with van der Waals surface area (Å²) in [5.41, 5.74) is 1.65. The van der Waals surface area contributed by atoms with Crippen molar-refractivity contribution in [3.05, 3.63) is 41.5 Å². The van der Waals surface area contributed by atoms with Crippen LogP contribution >= 0.6 is 0 Å². The van der Waals surface area contributed by atoms with Crippen LogP contribution in [0.1, 0.15) is 35.2 Å². The lowest BCUT2D eigenvalue weighted by atomic mass is 10.1. The van der Waals surface area contributed by atoms with Crippen molar-refractivity contribution in [3.8, 4) is 0 Å². The summed E-state index contributed by atoms with van der Waals surface area (Å²) in [6.07, 6.45) is 2.47. The van der Waals surface area contributed by atoms with E-state index in [-0.39, 0.29) is 22.9 Å². The highest BCUT2D eigenvalue weighted by molar-refractivity contribution is 7.90. The van der Waals surface area contributed by atoms with Gasteiger partial charge in [-0.15, -0.1) is 0 Å². The van der Waals surface area contributed by atoms with Crippen LogP contribution in [-0.4, -0.2) is 48.8 Å². The van der Waals surface area contributed by atoms with Gasteiger partial charge in [0.05, 0.1) is 16.5 Å². The third-order valence-electron chi connectivity index (χ3n) is 5.45. The van der Waals surface area contributed by atoms with Crippen molar-refractivity contribution < 1.29 is 23.1 Å². The van der Waals surface area contributed by atoms with E-state index in [0.717, 1.165) is 31.1 Å². The van der Waals surface area contributed by atoms with Crippen molar-refractivity contribution in [1.82, 2.24) is 15.6 Å². The van der Waals surface area contributed by atoms with E-state index >= 15 is 0 Å². The van der Waals surface area contributed by atoms with Gasteiger partial charge in [0, 0.05) is 24.5 Å². The first-order valence-corrected chi connectivity index (χ1v) is 11.7. The number of sulfone groups is 1. The number of hydrogen-bond acceptors (Lipinski definition) is 7. The van der Waals surface area contributed by atoms with Gasteiger partial charge in [-0.3, -0.25) is 4.79 Å². The molecule has 164 valence electrons. The second-order valence-corrected chi connectivity index (χ2v) is 9.75. The quantitative estimate of drug-likeness (QED) is 0.454. The number of nitrogens with zero attached hydrogens (tertiary/aromatic N) is 1. The van der Waals surface area contributed by atoms with Crippen LogP contribution in [0, 0.1) is 0 Å². The summed E-state index contributed by atoms with van der Waals surface area (Å²) < 4.78 is 23.7. The van der Waals surface area contributed by atoms with Gasteiger partial charge >= 0.3 is 6.09 Å². The maximum absolute atomic E-state index is 12.3. The molecule has 0 radical (unpaired) electrons. The predicted octanol–water partition coefficient (Wildman–Crippen LogP) is 2.07. The van der Waals surface area contributed by atoms with Crippen LogP contribution in [0.5, 0.6) is 0 Å². The number of fused-ring (bicyclic) bond motifs is 1. The standard InChI is InChI=1S/C20H23N5O5S/c1-31(29,30)13-5-2-4-12(9-13)22-18-17-11(10-21-19(17)26)8-16(25-18)23-14-6-3-7-15(14)24-20(27)28/h2,4-5,8-9,14-15,24H,3,6-7,10H2,1H3,(H,21,26)(H,27,28)(H2,22,23,25)/t14-,15+/m1/s1. The molecule has 31 heavy (non-hydrogen) atoms. The predicted molar refractivity (Wildman–Crippen MR) is 114 cm³/mol. The minimum Gasteiger partial charge on any atom is -0.465 e. The van der Waals surface area contributed by atoms with Crippen LogP contribution in [0.4, 0.5) is 22.1 Å². The fourth-order valence-electron chi connectivity index (χ4n) is 4.01. The molecule has 2 aliphatic rings. The number of benzene rings is 1. The molecule has 10 nitrogen and oxygen atoms in total. The minimum atomic E-state index is -3.39. The topological polar surface area (TPSA) is 150 Å². The monoisotopic (exact) mass is 445 g/mol. The second-order valence-electron chi connectivity index (χ2n) is 7.74. The molecular weight excluding hydrogens is 422 g/mol. The average Bonchev–Trinajstić information content (AvgIpc) is 3.27. The van der Waals surface area contributed by atoms with Crippen LogP contribution in [0.25, 0.3) is 0 Å². The first kappa shape index (κ1) is 20.9. The smallest absolute Gasteiger partial charge is 0.404 e. The normalized spacial score (nSPS) is 20.1. The Morgan fingerprint density at radius 2 is 2.00 bits per heavy atom. The summed E-state index contributed by atoms with van der Waals surface area (Å²) in [6, 6.07) is 7.73. The third kappa shape index (κ3) is 4.55. The van der Waals surface area contributed by atoms with Gasteiger partial charge in [-0.1, -0.05) is 6.07 Å². The van der Waals surface area contributed by atoms with E-state index in [9.17, 15) is 18.0 Å². The van der Waals surface area contributed by atoms with Gasteiger partial charge in [-0.25, -0.2) is 18.2 Å². The molecule has 0 spiro atoms. The molecule has 2 atom stereocenters. The molecule has 5 N–H and O–H groups in total. The van der Waals surface area contributed by atoms with Crippen molar-refractivity contribution in [2.45, 2.75) is 42.8 Å². The summed E-state index contributed by atoms with van der Waals surface area (Å²) >= 11 is 0. The van der Waals surface area contributed by atoms with Crippen LogP contribution in [0.2, 0.25) is 0 Å². The Kier molecular flexibility index (Phi) is 5.44. The Hall–Kier alpha value is -3.34. The number of pyridine rings is 1. The molecule has 0 saturated heterocycles. The average molecular weight is 446 g/mol. The largest absolute Gasteiger partial charge is 0.465 e. The number of hydrogen-bond donors (Lipinski definition) is 5. The number of carbonyl (C=O) groups excluding carboxylic acids is 1. The molecule has 1 aliphatic heterocycles. The second kappa shape index (κ2) is 8.06. The van der Waals surface area contributed by atoms with Crippen molar-refractivity contribution in [3.63, 3.8) is 0 Å². The lowest BCUT2D eigenvalue weighted by molar-refractivity contribution is 0.0966. The molecule has 1 saturated carbocycles. The molecule has 2 amide bonds. The Labute approximate surface area is 179 Å². The van der Waals surface area contributed by atoms with Gasteiger partial charge < -0.3 is 26.4 Å². The van der Waals surface area contributed by atoms with E-state index in [0.29, 0.717) is 29.4 Å². The lowest BCUT2D eigenvalue weighted by Crippen LogP contribution is -2.42. The van der Waals surface area contributed by atoms with Gasteiger partial charge in [-0.2, -0.15) is 0 Å². The van der Waals surface area contributed by atoms with E-state index in [2.05, 4.69) is 26.3 Å². The van der Waals surface area contributed by atoms with Crippen LogP contribution in [0.15, 0.2) is 35.2 Å². The Balaban J connectivity index is 1.64. The molecule has 11 heteroatoms. The summed E-state index contributed by atoms with van der Waals surface area (Å²) in [6.45, 7) is 0.352. The number of aromatic nitrogens is 1. The highest BCUT2D eigenvalue weighted by Crippen LogP contribution is 2.30. The fourth-order valence-corrected chi connectivity index (χ4v) is 4.68. The molecule has 2 aromatic rings. The van der Waals surface area contributed by atoms with Crippen molar-refractivity contribution in [2.75, 3.05) is 16.9 Å². The maximum atomic E-state index is 12.3. The molecule has 1 aromatic heterocycles. The fraction of sp³-hybridized carbons (Fsp3) is 0.350. The van der Waals surface area contributed by atoms with Gasteiger partial charge in [0.25, 0.3) is 5.91 Å². The van der Waals surface area contributed by atoms with E-state index in [4.69, 9.17) is 5.11 Å². The minimum absolute atomic E-state index is 0.117. The van der Waals surface area contributed by atoms with Crippen LogP contribution in [0.3, 0.4) is 0 Å². The SMILES string of the molecule is CS(=O)(=O)c1cccc(Nc2nc(N[C@@H]3CCC[C@@H]3NC(=O)O)cc3c2C(=O)NC3)c1. The van der Waals surface area contributed by atoms with Crippen molar-refractivity contribution in [2.24, 2.45) is 0 Å². The van der Waals surface area contributed by atoms with E-state index < -0.39 is 15.9 Å². The Morgan fingerprint density at radius 1 is 1.23 bits per heavy atom. The summed E-state index contributed by atoms with van der Waals surface area (Å²) in [7, 11) is -3.39. The Morgan fingerprint density at radius 3 is 2.74 bits per heavy atom. The van der Waals surface area contributed by atoms with Crippen molar-refractivity contribution in [1.29, 1.82) is 0 Å². The molecule has 0 bridgehead atoms. The van der Waals surface area contributed by atoms with Crippen molar-refractivity contribution >= 4 is 39.2 Å². The van der Waals surface area contributed by atoms with Gasteiger partial charge in [0.1, 0.15) is 11.6 Å². The van der Waals surface area contributed by atoms with E-state index in [1.807, 2.05) is 0 Å². The van der Waals surface area contributed by atoms with Gasteiger partial charge in [0.2, 0.25) is 0 Å². The molecule has 4 rings (SSSR count). The Bertz CT molecular complexity index is 1150. The molecule has 0 unspecified atom stereocenters. The molecule has 1 aliphatic carbocycles. The third-order valence-corrected chi connectivity index (χ3v) is 6.56. The van der Waals surface area contributed by atoms with Crippen LogP contribution < -0.4 is 21.3 Å². The van der Waals surface area contributed by atoms with Crippen LogP contribution in [-0.2, 0) is 16.4 Å². The summed E-state index contributed by atoms with van der Waals surface area (Å²) in [5, 5.41) is 20.7. The molecular formula is C20H23N5O5S. The molecule has 1 aromatic carbocycles. The molecule has 2 heterocycles. The first-order chi connectivity index (χ1) is 14.7. The zero-order valence-corrected chi connectivity index (χ0v) is 17.6. The highest BCUT2D eigenvalue weighted by atomic mass is 32.2. The number of carbonyl (C=O) groups is 2. The zero-order valence-electron chi connectivity index (χ0n) is 16.8. The summed E-state index contributed by atoms with van der Waals surface area (Å²) in [5.74, 6) is 0.560. The maximum Gasteiger partial charge on any atom is 0.404 e. The number of carboxylic acid groups (broad SMARTS) is 1. The lowest BCUT2D eigenvalue weighted by Gasteiger charge is -2.22. The van der Waals surface area contributed by atoms with Gasteiger partial charge in [0.15, 0.2) is 9.84 Å². The van der Waals surface area contributed by atoms with Gasteiger partial charge in [-0.05, 0) is 49.1 Å². The first-order valence-electron chi connectivity index (χ1n) is 9.86. The number of anilines is 3. The van der Waals surface area contributed by atoms with E-state index in [1.54, 1.807) is 18.2 Å². The number of nitrogens with one attached hydrogen (secondary N) is 4.